The number of aliphatic carboxylic acids is 1. The fourth-order valence-electron chi connectivity index (χ4n) is 10.4. The Kier molecular flexibility index (Phi) is 13.8. The summed E-state index contributed by atoms with van der Waals surface area (Å²) >= 11 is 0.331. The van der Waals surface area contributed by atoms with E-state index in [9.17, 15) is 34.1 Å². The van der Waals surface area contributed by atoms with E-state index in [0.29, 0.717) is 18.2 Å². The Hall–Kier alpha value is -1.91. The number of carboxylic acid groups (broad SMARTS) is 1. The molecule has 3 saturated carbocycles. The number of hydrogen-bond donors (Lipinski definition) is 3. The fourth-order valence-corrected chi connectivity index (χ4v) is 11.2. The van der Waals surface area contributed by atoms with Gasteiger partial charge in [0, 0.05) is 11.3 Å². The largest absolute Gasteiger partial charge is 0.481 e. The van der Waals surface area contributed by atoms with E-state index in [2.05, 4.69) is 19.1 Å². The van der Waals surface area contributed by atoms with Crippen LogP contribution in [0.25, 0.3) is 0 Å². The SMILES string of the molecule is CCCCCCCC/C=C/CCCCCCC(C(=O)O)C1=CC(=O)C=C2[C@@H](F)CC3[C@@H]4C[C@@H](C)[C@](O)(C(=O)SCF)[C@@]4(C)C[C@H](O)[C@]3(F)[C@@]12C. The summed E-state index contributed by atoms with van der Waals surface area (Å²) in [5.41, 5.74) is -8.19. The molecule has 4 rings (SSSR count). The number of carboxylic acids is 1. The number of thioether (sulfide) groups is 1. The Morgan fingerprint density at radius 1 is 0.980 bits per heavy atom. The van der Waals surface area contributed by atoms with Crippen LogP contribution in [0.4, 0.5) is 13.2 Å². The van der Waals surface area contributed by atoms with E-state index < -0.39 is 87.3 Å². The van der Waals surface area contributed by atoms with E-state index in [0.717, 1.165) is 44.3 Å². The number of rotatable bonds is 18. The van der Waals surface area contributed by atoms with Crippen molar-refractivity contribution in [2.45, 2.75) is 154 Å². The number of allylic oxidation sites excluding steroid dienone is 5. The molecule has 0 amide bonds. The molecule has 3 N–H and O–H groups in total. The molecule has 0 saturated heterocycles. The molecule has 282 valence electrons. The summed E-state index contributed by atoms with van der Waals surface area (Å²) < 4.78 is 47.9. The molecule has 0 heterocycles. The Labute approximate surface area is 300 Å². The number of unbranched alkanes of at least 4 members (excludes halogenated alkanes) is 10. The monoisotopic (exact) mass is 724 g/mol. The molecule has 0 aromatic rings. The van der Waals surface area contributed by atoms with Crippen LogP contribution in [-0.4, -0.2) is 61.7 Å². The third-order valence-corrected chi connectivity index (χ3v) is 13.8. The van der Waals surface area contributed by atoms with Gasteiger partial charge in [-0.05, 0) is 93.4 Å². The number of fused-ring (bicyclic) bond motifs is 5. The summed E-state index contributed by atoms with van der Waals surface area (Å²) in [6.07, 6.45) is 15.2. The summed E-state index contributed by atoms with van der Waals surface area (Å²) in [6, 6.07) is -1.05. The summed E-state index contributed by atoms with van der Waals surface area (Å²) in [7, 11) is 0. The highest BCUT2D eigenvalue weighted by Crippen LogP contribution is 2.72. The summed E-state index contributed by atoms with van der Waals surface area (Å²) in [4.78, 5) is 39.0. The van der Waals surface area contributed by atoms with Crippen LogP contribution >= 0.6 is 11.8 Å². The minimum absolute atomic E-state index is 0.0343. The van der Waals surface area contributed by atoms with Crippen molar-refractivity contribution in [3.8, 4) is 0 Å². The maximum Gasteiger partial charge on any atom is 0.310 e. The maximum atomic E-state index is 18.3. The van der Waals surface area contributed by atoms with Crippen molar-refractivity contribution in [3.05, 3.63) is 35.5 Å². The van der Waals surface area contributed by atoms with Gasteiger partial charge in [-0.15, -0.1) is 0 Å². The Morgan fingerprint density at radius 2 is 1.58 bits per heavy atom. The van der Waals surface area contributed by atoms with Gasteiger partial charge in [0.15, 0.2) is 11.5 Å². The topological polar surface area (TPSA) is 112 Å². The first kappa shape index (κ1) is 40.9. The molecule has 0 spiro atoms. The Bertz CT molecular complexity index is 1330. The third kappa shape index (κ3) is 7.20. The highest BCUT2D eigenvalue weighted by atomic mass is 32.2. The summed E-state index contributed by atoms with van der Waals surface area (Å²) in [5, 5.41) is 33.4. The predicted molar refractivity (Wildman–Crippen MR) is 192 cm³/mol. The lowest BCUT2D eigenvalue weighted by Crippen LogP contribution is -2.71. The van der Waals surface area contributed by atoms with Crippen LogP contribution in [0.5, 0.6) is 0 Å². The van der Waals surface area contributed by atoms with Gasteiger partial charge in [-0.25, -0.2) is 13.2 Å². The fraction of sp³-hybridized carbons (Fsp3) is 0.775. The minimum atomic E-state index is -2.59. The van der Waals surface area contributed by atoms with E-state index in [1.54, 1.807) is 13.8 Å². The van der Waals surface area contributed by atoms with E-state index in [-0.39, 0.29) is 30.4 Å². The Morgan fingerprint density at radius 3 is 2.18 bits per heavy atom. The van der Waals surface area contributed by atoms with Crippen LogP contribution in [-0.2, 0) is 14.4 Å². The van der Waals surface area contributed by atoms with Crippen LogP contribution in [0.1, 0.15) is 130 Å². The number of carbonyl (C=O) groups excluding carboxylic acids is 2. The van der Waals surface area contributed by atoms with Crippen LogP contribution in [0.2, 0.25) is 0 Å². The lowest BCUT2D eigenvalue weighted by molar-refractivity contribution is -0.224. The van der Waals surface area contributed by atoms with Gasteiger partial charge in [-0.1, -0.05) is 96.1 Å². The molecule has 2 unspecified atom stereocenters. The molecule has 0 aromatic heterocycles. The van der Waals surface area contributed by atoms with Gasteiger partial charge in [-0.3, -0.25) is 14.4 Å². The van der Waals surface area contributed by atoms with Crippen molar-refractivity contribution in [3.63, 3.8) is 0 Å². The quantitative estimate of drug-likeness (QED) is 0.0955. The van der Waals surface area contributed by atoms with Gasteiger partial charge in [0.25, 0.3) is 0 Å². The molecule has 0 aliphatic heterocycles. The zero-order chi connectivity index (χ0) is 36.9. The van der Waals surface area contributed by atoms with E-state index >= 15 is 8.78 Å². The number of alkyl halides is 3. The van der Waals surface area contributed by atoms with Gasteiger partial charge in [0.05, 0.1) is 17.4 Å². The molecule has 10 atom stereocenters. The third-order valence-electron chi connectivity index (χ3n) is 13.1. The molecule has 0 radical (unpaired) electrons. The molecule has 4 aliphatic carbocycles. The molecule has 6 nitrogen and oxygen atoms in total. The van der Waals surface area contributed by atoms with Crippen LogP contribution in [0, 0.1) is 34.5 Å². The number of ketones is 1. The maximum absolute atomic E-state index is 18.3. The average Bonchev–Trinajstić information content (AvgIpc) is 3.26. The predicted octanol–water partition coefficient (Wildman–Crippen LogP) is 9.19. The van der Waals surface area contributed by atoms with Crippen LogP contribution in [0.15, 0.2) is 35.5 Å². The standard InChI is InChI=1S/C40H59F3O6S/c1-5-6-7-8-9-10-11-12-13-14-15-16-17-18-19-28(35(46)47)29-21-27(44)22-32-33(42)23-31-30-20-26(2)40(49,36(48)50-25-41)37(30,3)24-34(45)39(31,43)38(29,32)4/h12-13,21-22,26,28,30-31,33-34,45,49H,5-11,14-20,23-25H2,1-4H3,(H,46,47)/b13-12+/t26-,28?,30+,31?,33+,34+,37+,38+,39+,40+/m1/s1. The average molecular weight is 725 g/mol. The lowest BCUT2D eigenvalue weighted by Gasteiger charge is -2.64. The zero-order valence-corrected chi connectivity index (χ0v) is 31.2. The minimum Gasteiger partial charge on any atom is -0.481 e. The summed E-state index contributed by atoms with van der Waals surface area (Å²) in [6.45, 7) is 6.86. The lowest BCUT2D eigenvalue weighted by atomic mass is 9.42. The Balaban J connectivity index is 1.49. The molecular weight excluding hydrogens is 665 g/mol. The number of aliphatic hydroxyl groups excluding tert-OH is 1. The molecule has 3 fully saturated rings. The van der Waals surface area contributed by atoms with Crippen molar-refractivity contribution in [1.82, 2.24) is 0 Å². The first-order valence-electron chi connectivity index (χ1n) is 19.0. The van der Waals surface area contributed by atoms with Gasteiger partial charge in [0.1, 0.15) is 17.8 Å². The van der Waals surface area contributed by atoms with Crippen molar-refractivity contribution in [1.29, 1.82) is 0 Å². The molecule has 0 bridgehead atoms. The zero-order valence-electron chi connectivity index (χ0n) is 30.4. The first-order chi connectivity index (χ1) is 23.7. The highest BCUT2D eigenvalue weighted by molar-refractivity contribution is 8.13. The van der Waals surface area contributed by atoms with Crippen LogP contribution < -0.4 is 0 Å². The normalized spacial score (nSPS) is 37.1. The molecule has 0 aromatic carbocycles. The van der Waals surface area contributed by atoms with E-state index in [1.165, 1.54) is 45.4 Å². The van der Waals surface area contributed by atoms with Gasteiger partial charge in [0.2, 0.25) is 5.12 Å². The summed E-state index contributed by atoms with van der Waals surface area (Å²) in [5.74, 6) is -5.80. The second kappa shape index (κ2) is 16.8. The molecule has 10 heteroatoms. The van der Waals surface area contributed by atoms with E-state index in [1.807, 2.05) is 0 Å². The van der Waals surface area contributed by atoms with Crippen molar-refractivity contribution < 1.29 is 42.9 Å². The van der Waals surface area contributed by atoms with Gasteiger partial charge >= 0.3 is 5.97 Å². The molecular formula is C40H59F3O6S. The van der Waals surface area contributed by atoms with Crippen molar-refractivity contribution in [2.24, 2.45) is 34.5 Å². The second-order valence-corrected chi connectivity index (χ2v) is 16.8. The van der Waals surface area contributed by atoms with Crippen LogP contribution in [0.3, 0.4) is 0 Å². The van der Waals surface area contributed by atoms with Crippen molar-refractivity contribution in [2.75, 3.05) is 6.01 Å². The van der Waals surface area contributed by atoms with Gasteiger partial charge in [-0.2, -0.15) is 0 Å². The number of halogens is 3. The molecule has 4 aliphatic rings. The smallest absolute Gasteiger partial charge is 0.310 e. The number of hydrogen-bond acceptors (Lipinski definition) is 6. The van der Waals surface area contributed by atoms with Gasteiger partial charge < -0.3 is 15.3 Å². The highest BCUT2D eigenvalue weighted by Gasteiger charge is 2.77. The number of aliphatic hydroxyl groups is 2. The number of carbonyl (C=O) groups is 3. The second-order valence-electron chi connectivity index (χ2n) is 15.9. The van der Waals surface area contributed by atoms with Crippen molar-refractivity contribution >= 4 is 28.6 Å². The van der Waals surface area contributed by atoms with E-state index in [4.69, 9.17) is 0 Å². The first-order valence-corrected chi connectivity index (χ1v) is 20.0. The molecule has 50 heavy (non-hydrogen) atoms.